The van der Waals surface area contributed by atoms with Crippen LogP contribution in [0.4, 0.5) is 17.6 Å². The van der Waals surface area contributed by atoms with E-state index in [4.69, 9.17) is 23.7 Å². The number of halogens is 4. The van der Waals surface area contributed by atoms with Crippen LogP contribution in [0.5, 0.6) is 11.6 Å². The van der Waals surface area contributed by atoms with Gasteiger partial charge < -0.3 is 28.8 Å². The van der Waals surface area contributed by atoms with Crippen LogP contribution < -0.4 is 9.47 Å². The van der Waals surface area contributed by atoms with Gasteiger partial charge in [0.05, 0.1) is 35.8 Å². The second-order valence-corrected chi connectivity index (χ2v) is 12.1. The van der Waals surface area contributed by atoms with Gasteiger partial charge in [-0.25, -0.2) is 18.8 Å². The minimum Gasteiger partial charge on any atom is -0.497 e. The van der Waals surface area contributed by atoms with Gasteiger partial charge in [0.25, 0.3) is 0 Å². The molecule has 54 heavy (non-hydrogen) atoms. The monoisotopic (exact) mass is 748 g/mol. The first-order valence-corrected chi connectivity index (χ1v) is 16.5. The van der Waals surface area contributed by atoms with Crippen LogP contribution in [0, 0.1) is 0 Å². The third-order valence-corrected chi connectivity index (χ3v) is 8.58. The molecule has 0 radical (unpaired) electrons. The summed E-state index contributed by atoms with van der Waals surface area (Å²) in [4.78, 5) is 37.3. The van der Waals surface area contributed by atoms with Crippen molar-refractivity contribution in [3.8, 4) is 22.8 Å². The lowest BCUT2D eigenvalue weighted by Gasteiger charge is -2.37. The van der Waals surface area contributed by atoms with Gasteiger partial charge in [-0.2, -0.15) is 13.2 Å². The summed E-state index contributed by atoms with van der Waals surface area (Å²) in [5.74, 6) is -3.04. The lowest BCUT2D eigenvalue weighted by molar-refractivity contribution is -0.215. The summed E-state index contributed by atoms with van der Waals surface area (Å²) in [5, 5.41) is 15.3. The standard InChI is InChI=1S/C39H32F4N2O9/c1-50-27-16-15-25(28(19-27)24-13-8-14-26(17-24)36(46)47)18-29-34(39(41,42)43)44-45-35(29)54-32-20-30(53-38(49)23-11-6-3-7-12-23)33(40)31(52-32)21-51-37(48)22-9-4-2-5-10-22/h2-17,19,30-33H,18,20-21H2,1H3,(H,44,45)(H,46,47)/t30-,31-,32+,33+/m1/s1. The maximum absolute atomic E-state index is 16.0. The van der Waals surface area contributed by atoms with Crippen LogP contribution in [0.2, 0.25) is 0 Å². The number of hydrogen-bond acceptors (Lipinski definition) is 9. The molecule has 2 N–H and O–H groups in total. The van der Waals surface area contributed by atoms with E-state index < -0.39 is 85.3 Å². The summed E-state index contributed by atoms with van der Waals surface area (Å²) in [5.41, 5.74) is -0.340. The first-order valence-electron chi connectivity index (χ1n) is 16.5. The van der Waals surface area contributed by atoms with Gasteiger partial charge in [-0.15, -0.1) is 5.10 Å². The zero-order valence-electron chi connectivity index (χ0n) is 28.4. The van der Waals surface area contributed by atoms with Crippen LogP contribution >= 0.6 is 0 Å². The fourth-order valence-corrected chi connectivity index (χ4v) is 5.88. The van der Waals surface area contributed by atoms with Crippen LogP contribution in [-0.4, -0.2) is 71.6 Å². The molecule has 1 fully saturated rings. The highest BCUT2D eigenvalue weighted by molar-refractivity contribution is 5.90. The second kappa shape index (κ2) is 16.2. The summed E-state index contributed by atoms with van der Waals surface area (Å²) in [6, 6.07) is 26.1. The molecule has 0 amide bonds. The topological polar surface area (TPSA) is 146 Å². The van der Waals surface area contributed by atoms with Crippen molar-refractivity contribution in [2.45, 2.75) is 43.7 Å². The van der Waals surface area contributed by atoms with E-state index in [1.54, 1.807) is 48.5 Å². The van der Waals surface area contributed by atoms with E-state index in [0.29, 0.717) is 22.4 Å². The fourth-order valence-electron chi connectivity index (χ4n) is 5.88. The highest BCUT2D eigenvalue weighted by Crippen LogP contribution is 2.39. The number of aromatic carboxylic acids is 1. The van der Waals surface area contributed by atoms with Crippen molar-refractivity contribution in [2.75, 3.05) is 13.7 Å². The predicted octanol–water partition coefficient (Wildman–Crippen LogP) is 7.31. The Morgan fingerprint density at radius 1 is 0.889 bits per heavy atom. The number of hydrogen-bond donors (Lipinski definition) is 2. The molecule has 0 aliphatic carbocycles. The van der Waals surface area contributed by atoms with E-state index in [2.05, 4.69) is 5.10 Å². The largest absolute Gasteiger partial charge is 0.497 e. The molecule has 11 nitrogen and oxygen atoms in total. The minimum absolute atomic E-state index is 0.0447. The average Bonchev–Trinajstić information content (AvgIpc) is 3.58. The molecule has 15 heteroatoms. The summed E-state index contributed by atoms with van der Waals surface area (Å²) in [6.07, 6.45) is -12.5. The average molecular weight is 749 g/mol. The minimum atomic E-state index is -4.93. The Morgan fingerprint density at radius 2 is 1.56 bits per heavy atom. The first kappa shape index (κ1) is 37.5. The number of carbonyl (C=O) groups excluding carboxylic acids is 2. The summed E-state index contributed by atoms with van der Waals surface area (Å²) in [7, 11) is 1.41. The number of nitrogens with one attached hydrogen (secondary N) is 1. The summed E-state index contributed by atoms with van der Waals surface area (Å²) >= 11 is 0. The van der Waals surface area contributed by atoms with E-state index >= 15 is 4.39 Å². The maximum Gasteiger partial charge on any atom is 0.433 e. The van der Waals surface area contributed by atoms with Crippen molar-refractivity contribution in [2.24, 2.45) is 0 Å². The first-order chi connectivity index (χ1) is 25.9. The Kier molecular flexibility index (Phi) is 11.3. The molecule has 4 atom stereocenters. The molecule has 280 valence electrons. The van der Waals surface area contributed by atoms with Gasteiger partial charge in [-0.1, -0.05) is 54.6 Å². The van der Waals surface area contributed by atoms with Crippen LogP contribution in [0.15, 0.2) is 103 Å². The number of rotatable bonds is 12. The van der Waals surface area contributed by atoms with E-state index in [1.165, 1.54) is 61.7 Å². The lowest BCUT2D eigenvalue weighted by Crippen LogP contribution is -2.51. The molecular formula is C39H32F4N2O9. The number of ether oxygens (including phenoxy) is 5. The van der Waals surface area contributed by atoms with E-state index in [9.17, 15) is 32.7 Å². The number of aromatic amines is 1. The van der Waals surface area contributed by atoms with Gasteiger partial charge in [0.1, 0.15) is 30.3 Å². The van der Waals surface area contributed by atoms with Gasteiger partial charge in [-0.05, 0) is 65.2 Å². The normalized spacial score (nSPS) is 18.4. The van der Waals surface area contributed by atoms with Crippen LogP contribution in [0.3, 0.4) is 0 Å². The van der Waals surface area contributed by atoms with E-state index in [1.807, 2.05) is 5.10 Å². The molecule has 0 unspecified atom stereocenters. The van der Waals surface area contributed by atoms with Crippen molar-refractivity contribution in [3.05, 3.63) is 137 Å². The Morgan fingerprint density at radius 3 is 2.20 bits per heavy atom. The SMILES string of the molecule is COc1ccc(Cc2c(O[C@H]3C[C@@H](OC(=O)c4ccccc4)[C@H](F)[C@@H](COC(=O)c4ccccc4)O3)n[nH]c2C(F)(F)F)c(-c2cccc(C(=O)O)c2)c1. The summed E-state index contributed by atoms with van der Waals surface area (Å²) < 4.78 is 87.1. The van der Waals surface area contributed by atoms with Crippen LogP contribution in [0.1, 0.15) is 54.3 Å². The number of benzene rings is 4. The fraction of sp³-hybridized carbons (Fsp3) is 0.231. The third-order valence-electron chi connectivity index (χ3n) is 8.58. The predicted molar refractivity (Wildman–Crippen MR) is 183 cm³/mol. The molecule has 0 spiro atoms. The molecule has 0 bridgehead atoms. The Hall–Kier alpha value is -6.22. The number of carbonyl (C=O) groups is 3. The molecule has 1 aliphatic rings. The van der Waals surface area contributed by atoms with Gasteiger partial charge in [0.2, 0.25) is 12.2 Å². The number of aromatic nitrogens is 2. The highest BCUT2D eigenvalue weighted by Gasteiger charge is 2.45. The molecule has 1 aromatic heterocycles. The van der Waals surface area contributed by atoms with Gasteiger partial charge >= 0.3 is 24.1 Å². The van der Waals surface area contributed by atoms with Crippen molar-refractivity contribution >= 4 is 17.9 Å². The molecule has 6 rings (SSSR count). The zero-order valence-corrected chi connectivity index (χ0v) is 28.4. The zero-order chi connectivity index (χ0) is 38.4. The number of esters is 2. The number of carboxylic acid groups (broad SMARTS) is 1. The Balaban J connectivity index is 1.31. The van der Waals surface area contributed by atoms with Crippen molar-refractivity contribution in [3.63, 3.8) is 0 Å². The highest BCUT2D eigenvalue weighted by atomic mass is 19.4. The Labute approximate surface area is 305 Å². The van der Waals surface area contributed by atoms with Gasteiger partial charge in [0.15, 0.2) is 6.17 Å². The Bertz CT molecular complexity index is 2110. The van der Waals surface area contributed by atoms with E-state index in [-0.39, 0.29) is 16.7 Å². The molecule has 1 saturated heterocycles. The van der Waals surface area contributed by atoms with Crippen LogP contribution in [-0.2, 0) is 26.8 Å². The lowest BCUT2D eigenvalue weighted by atomic mass is 9.93. The second-order valence-electron chi connectivity index (χ2n) is 12.1. The number of alkyl halides is 4. The van der Waals surface area contributed by atoms with E-state index in [0.717, 1.165) is 0 Å². The molecule has 0 saturated carbocycles. The summed E-state index contributed by atoms with van der Waals surface area (Å²) in [6.45, 7) is -0.653. The molecular weight excluding hydrogens is 716 g/mol. The quantitative estimate of drug-likeness (QED) is 0.0984. The third kappa shape index (κ3) is 8.69. The van der Waals surface area contributed by atoms with Gasteiger partial charge in [-0.3, -0.25) is 5.10 Å². The number of methoxy groups -OCH3 is 1. The molecule has 2 heterocycles. The smallest absolute Gasteiger partial charge is 0.433 e. The van der Waals surface area contributed by atoms with Crippen molar-refractivity contribution in [1.82, 2.24) is 10.2 Å². The maximum atomic E-state index is 16.0. The van der Waals surface area contributed by atoms with Crippen LogP contribution in [0.25, 0.3) is 11.1 Å². The van der Waals surface area contributed by atoms with Crippen molar-refractivity contribution in [1.29, 1.82) is 0 Å². The van der Waals surface area contributed by atoms with Crippen molar-refractivity contribution < 1.29 is 60.7 Å². The number of nitrogens with zero attached hydrogens (tertiary/aromatic N) is 1. The molecule has 4 aromatic carbocycles. The number of carboxylic acids is 1. The number of H-pyrrole nitrogens is 1. The molecule has 1 aliphatic heterocycles. The van der Waals surface area contributed by atoms with Gasteiger partial charge in [0, 0.05) is 6.42 Å². The molecule has 5 aromatic rings.